The number of aliphatic hydroxyl groups excluding tert-OH is 1. The van der Waals surface area contributed by atoms with Gasteiger partial charge in [-0.3, -0.25) is 4.79 Å². The lowest BCUT2D eigenvalue weighted by molar-refractivity contribution is 0.0718. The molecule has 0 aliphatic carbocycles. The largest absolute Gasteiger partial charge is 0.395 e. The summed E-state index contributed by atoms with van der Waals surface area (Å²) in [6.07, 6.45) is 1.63. The molecule has 4 nitrogen and oxygen atoms in total. The maximum atomic E-state index is 13.3. The quantitative estimate of drug-likeness (QED) is 0.776. The summed E-state index contributed by atoms with van der Waals surface area (Å²) in [5.74, 6) is -2.43. The molecule has 19 heavy (non-hydrogen) atoms. The second-order valence-corrected chi connectivity index (χ2v) is 4.22. The van der Waals surface area contributed by atoms with E-state index < -0.39 is 23.2 Å². The zero-order chi connectivity index (χ0) is 14.4. The number of halogens is 2. The summed E-state index contributed by atoms with van der Waals surface area (Å²) >= 11 is 0. The Hall–Kier alpha value is -1.69. The van der Waals surface area contributed by atoms with Crippen LogP contribution in [0.25, 0.3) is 0 Å². The van der Waals surface area contributed by atoms with Crippen LogP contribution in [0.3, 0.4) is 0 Å². The number of nitrogen functional groups attached to an aromatic ring is 1. The van der Waals surface area contributed by atoms with E-state index in [1.54, 1.807) is 0 Å². The Kier molecular flexibility index (Phi) is 5.69. The SMILES string of the molecule is CCCCN(CCO)C(=O)c1cc(F)c(N)c(F)c1. The van der Waals surface area contributed by atoms with Crippen LogP contribution < -0.4 is 5.73 Å². The Morgan fingerprint density at radius 1 is 1.32 bits per heavy atom. The minimum absolute atomic E-state index is 0.103. The van der Waals surface area contributed by atoms with Crippen molar-refractivity contribution in [3.8, 4) is 0 Å². The number of aliphatic hydroxyl groups is 1. The number of benzene rings is 1. The van der Waals surface area contributed by atoms with Crippen LogP contribution in [-0.4, -0.2) is 35.6 Å². The second kappa shape index (κ2) is 7.04. The van der Waals surface area contributed by atoms with Crippen molar-refractivity contribution < 1.29 is 18.7 Å². The summed E-state index contributed by atoms with van der Waals surface area (Å²) < 4.78 is 26.6. The standard InChI is InChI=1S/C13H18F2N2O2/c1-2-3-4-17(5-6-18)13(19)9-7-10(14)12(16)11(15)8-9/h7-8,18H,2-6,16H2,1H3. The van der Waals surface area contributed by atoms with Gasteiger partial charge in [-0.05, 0) is 18.6 Å². The molecule has 0 aliphatic rings. The Bertz CT molecular complexity index is 429. The number of rotatable bonds is 6. The van der Waals surface area contributed by atoms with Gasteiger partial charge in [0.15, 0.2) is 0 Å². The van der Waals surface area contributed by atoms with Crippen LogP contribution in [0, 0.1) is 11.6 Å². The van der Waals surface area contributed by atoms with Crippen molar-refractivity contribution in [2.24, 2.45) is 0 Å². The number of nitrogens with two attached hydrogens (primary N) is 1. The third kappa shape index (κ3) is 3.89. The molecule has 0 bridgehead atoms. The molecule has 0 radical (unpaired) electrons. The minimum atomic E-state index is -0.956. The maximum Gasteiger partial charge on any atom is 0.254 e. The molecule has 1 aromatic rings. The van der Waals surface area contributed by atoms with Crippen LogP contribution in [0.2, 0.25) is 0 Å². The van der Waals surface area contributed by atoms with E-state index in [-0.39, 0.29) is 18.7 Å². The summed E-state index contributed by atoms with van der Waals surface area (Å²) in [5.41, 5.74) is 4.45. The molecular weight excluding hydrogens is 254 g/mol. The van der Waals surface area contributed by atoms with Crippen LogP contribution in [0.4, 0.5) is 14.5 Å². The first-order valence-corrected chi connectivity index (χ1v) is 6.15. The maximum absolute atomic E-state index is 13.3. The molecule has 6 heteroatoms. The van der Waals surface area contributed by atoms with Crippen molar-refractivity contribution in [1.29, 1.82) is 0 Å². The number of hydrogen-bond donors (Lipinski definition) is 2. The molecule has 0 aromatic heterocycles. The van der Waals surface area contributed by atoms with Crippen LogP contribution >= 0.6 is 0 Å². The third-order valence-corrected chi connectivity index (χ3v) is 2.76. The smallest absolute Gasteiger partial charge is 0.254 e. The van der Waals surface area contributed by atoms with E-state index in [2.05, 4.69) is 0 Å². The topological polar surface area (TPSA) is 66.6 Å². The fourth-order valence-electron chi connectivity index (χ4n) is 1.67. The van der Waals surface area contributed by atoms with Crippen LogP contribution in [0.15, 0.2) is 12.1 Å². The molecule has 0 atom stereocenters. The predicted octanol–water partition coefficient (Wildman–Crippen LogP) is 1.78. The zero-order valence-electron chi connectivity index (χ0n) is 10.8. The first kappa shape index (κ1) is 15.4. The van der Waals surface area contributed by atoms with Crippen molar-refractivity contribution in [3.05, 3.63) is 29.3 Å². The summed E-state index contributed by atoms with van der Waals surface area (Å²) in [7, 11) is 0. The Morgan fingerprint density at radius 2 is 1.89 bits per heavy atom. The summed E-state index contributed by atoms with van der Waals surface area (Å²) in [6.45, 7) is 2.33. The van der Waals surface area contributed by atoms with E-state index in [1.807, 2.05) is 6.92 Å². The number of hydrogen-bond acceptors (Lipinski definition) is 3. The molecule has 0 aliphatic heterocycles. The fourth-order valence-corrected chi connectivity index (χ4v) is 1.67. The third-order valence-electron chi connectivity index (χ3n) is 2.76. The van der Waals surface area contributed by atoms with E-state index in [4.69, 9.17) is 10.8 Å². The molecule has 1 amide bonds. The normalized spacial score (nSPS) is 10.5. The van der Waals surface area contributed by atoms with Gasteiger partial charge in [-0.25, -0.2) is 8.78 Å². The second-order valence-electron chi connectivity index (χ2n) is 4.22. The van der Waals surface area contributed by atoms with Gasteiger partial charge >= 0.3 is 0 Å². The van der Waals surface area contributed by atoms with Crippen molar-refractivity contribution >= 4 is 11.6 Å². The van der Waals surface area contributed by atoms with E-state index in [1.165, 1.54) is 4.90 Å². The first-order chi connectivity index (χ1) is 9.01. The highest BCUT2D eigenvalue weighted by Gasteiger charge is 2.18. The minimum Gasteiger partial charge on any atom is -0.395 e. The molecule has 106 valence electrons. The van der Waals surface area contributed by atoms with Crippen molar-refractivity contribution in [1.82, 2.24) is 4.90 Å². The van der Waals surface area contributed by atoms with E-state index in [9.17, 15) is 13.6 Å². The molecular formula is C13H18F2N2O2. The number of nitrogens with zero attached hydrogens (tertiary/aromatic N) is 1. The number of unbranched alkanes of at least 4 members (excludes halogenated alkanes) is 1. The van der Waals surface area contributed by atoms with E-state index >= 15 is 0 Å². The average molecular weight is 272 g/mol. The summed E-state index contributed by atoms with van der Waals surface area (Å²) in [5, 5.41) is 8.92. The molecule has 0 unspecified atom stereocenters. The van der Waals surface area contributed by atoms with Gasteiger partial charge in [0.25, 0.3) is 5.91 Å². The van der Waals surface area contributed by atoms with Gasteiger partial charge < -0.3 is 15.7 Å². The van der Waals surface area contributed by atoms with Crippen molar-refractivity contribution in [3.63, 3.8) is 0 Å². The highest BCUT2D eigenvalue weighted by atomic mass is 19.1. The highest BCUT2D eigenvalue weighted by molar-refractivity contribution is 5.94. The lowest BCUT2D eigenvalue weighted by atomic mass is 10.1. The molecule has 0 heterocycles. The van der Waals surface area contributed by atoms with E-state index in [0.29, 0.717) is 6.54 Å². The zero-order valence-corrected chi connectivity index (χ0v) is 10.8. The van der Waals surface area contributed by atoms with Crippen LogP contribution in [0.5, 0.6) is 0 Å². The van der Waals surface area contributed by atoms with Crippen LogP contribution in [0.1, 0.15) is 30.1 Å². The molecule has 0 fully saturated rings. The summed E-state index contributed by atoms with van der Waals surface area (Å²) in [6, 6.07) is 1.83. The Morgan fingerprint density at radius 3 is 2.37 bits per heavy atom. The number of anilines is 1. The molecule has 0 saturated carbocycles. The van der Waals surface area contributed by atoms with Crippen molar-refractivity contribution in [2.45, 2.75) is 19.8 Å². The molecule has 1 aromatic carbocycles. The highest BCUT2D eigenvalue weighted by Crippen LogP contribution is 2.18. The molecule has 1 rings (SSSR count). The van der Waals surface area contributed by atoms with Gasteiger partial charge in [-0.1, -0.05) is 13.3 Å². The summed E-state index contributed by atoms with van der Waals surface area (Å²) in [4.78, 5) is 13.5. The monoisotopic (exact) mass is 272 g/mol. The van der Waals surface area contributed by atoms with Gasteiger partial charge in [-0.2, -0.15) is 0 Å². The Labute approximate surface area is 110 Å². The molecule has 0 saturated heterocycles. The lowest BCUT2D eigenvalue weighted by Crippen LogP contribution is -2.34. The van der Waals surface area contributed by atoms with Crippen molar-refractivity contribution in [2.75, 3.05) is 25.4 Å². The van der Waals surface area contributed by atoms with Gasteiger partial charge in [0, 0.05) is 18.7 Å². The van der Waals surface area contributed by atoms with Gasteiger partial charge in [0.2, 0.25) is 0 Å². The molecule has 0 spiro atoms. The number of amides is 1. The Balaban J connectivity index is 2.95. The number of carbonyl (C=O) groups excluding carboxylic acids is 1. The van der Waals surface area contributed by atoms with Crippen LogP contribution in [-0.2, 0) is 0 Å². The van der Waals surface area contributed by atoms with Gasteiger partial charge in [-0.15, -0.1) is 0 Å². The number of carbonyl (C=O) groups is 1. The molecule has 3 N–H and O–H groups in total. The van der Waals surface area contributed by atoms with Gasteiger partial charge in [0.05, 0.1) is 6.61 Å². The van der Waals surface area contributed by atoms with Gasteiger partial charge in [0.1, 0.15) is 17.3 Å². The average Bonchev–Trinajstić information content (AvgIpc) is 2.39. The fraction of sp³-hybridized carbons (Fsp3) is 0.462. The predicted molar refractivity (Wildman–Crippen MR) is 68.7 cm³/mol. The van der Waals surface area contributed by atoms with E-state index in [0.717, 1.165) is 25.0 Å². The lowest BCUT2D eigenvalue weighted by Gasteiger charge is -2.21. The first-order valence-electron chi connectivity index (χ1n) is 6.15.